The van der Waals surface area contributed by atoms with E-state index in [1.54, 1.807) is 19.5 Å². The van der Waals surface area contributed by atoms with Crippen LogP contribution in [0.3, 0.4) is 0 Å². The van der Waals surface area contributed by atoms with Gasteiger partial charge in [0, 0.05) is 49.1 Å². The topological polar surface area (TPSA) is 73.4 Å². The number of piperazine rings is 1. The minimum absolute atomic E-state index is 0.483. The molecule has 0 radical (unpaired) electrons. The highest BCUT2D eigenvalue weighted by atomic mass is 79.9. The van der Waals surface area contributed by atoms with E-state index in [1.807, 2.05) is 36.4 Å². The van der Waals surface area contributed by atoms with Crippen LogP contribution < -0.4 is 20.8 Å². The smallest absolute Gasteiger partial charge is 0.229 e. The Morgan fingerprint density at radius 3 is 2.34 bits per heavy atom. The summed E-state index contributed by atoms with van der Waals surface area (Å²) in [7, 11) is -0.278. The first-order chi connectivity index (χ1) is 15.3. The molecule has 0 bridgehead atoms. The average Bonchev–Trinajstić information content (AvgIpc) is 2.77. The van der Waals surface area contributed by atoms with E-state index in [9.17, 15) is 4.57 Å². The summed E-state index contributed by atoms with van der Waals surface area (Å²) in [6.45, 7) is 7.77. The largest absolute Gasteiger partial charge is 0.369 e. The van der Waals surface area contributed by atoms with Gasteiger partial charge in [0.2, 0.25) is 5.95 Å². The summed E-state index contributed by atoms with van der Waals surface area (Å²) in [6, 6.07) is 16.0. The molecule has 1 aliphatic heterocycles. The van der Waals surface area contributed by atoms with E-state index in [0.717, 1.165) is 47.3 Å². The lowest BCUT2D eigenvalue weighted by Crippen LogP contribution is -2.44. The first-order valence-corrected chi connectivity index (χ1v) is 13.9. The molecule has 0 atom stereocenters. The van der Waals surface area contributed by atoms with Crippen LogP contribution in [-0.2, 0) is 4.57 Å². The molecule has 0 aliphatic carbocycles. The van der Waals surface area contributed by atoms with Crippen molar-refractivity contribution in [1.29, 1.82) is 0 Å². The van der Waals surface area contributed by atoms with Gasteiger partial charge in [-0.05, 0) is 72.7 Å². The molecule has 1 fully saturated rings. The number of likely N-dealkylation sites (N-methyl/N-ethyl adjacent to an activating group) is 1. The molecule has 1 aliphatic rings. The van der Waals surface area contributed by atoms with Crippen LogP contribution in [0.5, 0.6) is 0 Å². The van der Waals surface area contributed by atoms with Crippen molar-refractivity contribution in [3.8, 4) is 0 Å². The maximum Gasteiger partial charge on any atom is 0.229 e. The number of hydrogen-bond acceptors (Lipinski definition) is 7. The zero-order valence-electron chi connectivity index (χ0n) is 18.5. The molecule has 2 heterocycles. The van der Waals surface area contributed by atoms with Gasteiger partial charge in [-0.1, -0.05) is 12.1 Å². The van der Waals surface area contributed by atoms with E-state index >= 15 is 0 Å². The number of rotatable bonds is 6. The van der Waals surface area contributed by atoms with Crippen molar-refractivity contribution in [3.05, 3.63) is 59.2 Å². The molecule has 2 aromatic carbocycles. The summed E-state index contributed by atoms with van der Waals surface area (Å²) in [5, 5.41) is 7.37. The molecule has 168 valence electrons. The predicted octanol–water partition coefficient (Wildman–Crippen LogP) is 4.73. The van der Waals surface area contributed by atoms with Gasteiger partial charge in [0.25, 0.3) is 0 Å². The summed E-state index contributed by atoms with van der Waals surface area (Å²) < 4.78 is 13.4. The van der Waals surface area contributed by atoms with E-state index in [-0.39, 0.29) is 0 Å². The van der Waals surface area contributed by atoms with E-state index in [1.165, 1.54) is 5.69 Å². The molecule has 0 spiro atoms. The molecule has 32 heavy (non-hydrogen) atoms. The van der Waals surface area contributed by atoms with Gasteiger partial charge in [0.05, 0.1) is 10.2 Å². The number of para-hydroxylation sites is 1. The monoisotopic (exact) mass is 514 g/mol. The molecule has 4 rings (SSSR count). The second kappa shape index (κ2) is 9.61. The molecule has 1 saturated heterocycles. The van der Waals surface area contributed by atoms with E-state index in [2.05, 4.69) is 65.5 Å². The van der Waals surface area contributed by atoms with Crippen LogP contribution in [0.15, 0.2) is 59.2 Å². The third kappa shape index (κ3) is 5.49. The Balaban J connectivity index is 1.50. The molecule has 0 amide bonds. The van der Waals surface area contributed by atoms with Gasteiger partial charge >= 0.3 is 0 Å². The lowest BCUT2D eigenvalue weighted by atomic mass is 10.2. The molecule has 9 heteroatoms. The molecule has 0 saturated carbocycles. The van der Waals surface area contributed by atoms with Gasteiger partial charge in [0.1, 0.15) is 13.0 Å². The first-order valence-electron chi connectivity index (χ1n) is 10.5. The highest BCUT2D eigenvalue weighted by Gasteiger charge is 2.17. The van der Waals surface area contributed by atoms with E-state index < -0.39 is 7.14 Å². The van der Waals surface area contributed by atoms with Crippen LogP contribution in [-0.4, -0.2) is 61.4 Å². The number of anilines is 5. The summed E-state index contributed by atoms with van der Waals surface area (Å²) >= 11 is 3.51. The Labute approximate surface area is 197 Å². The normalized spacial score (nSPS) is 14.9. The highest BCUT2D eigenvalue weighted by Crippen LogP contribution is 2.38. The van der Waals surface area contributed by atoms with E-state index in [4.69, 9.17) is 0 Å². The van der Waals surface area contributed by atoms with Crippen LogP contribution >= 0.6 is 23.1 Å². The number of benzene rings is 2. The molecular formula is C23H28BrN6OP. The molecule has 2 N–H and O–H groups in total. The summed E-state index contributed by atoms with van der Waals surface area (Å²) in [5.41, 5.74) is 2.92. The highest BCUT2D eigenvalue weighted by molar-refractivity contribution is 9.10. The van der Waals surface area contributed by atoms with Crippen LogP contribution in [0.2, 0.25) is 0 Å². The standard InChI is InChI=1S/C23H28BrN6OP/c1-29-12-14-30(15-13-29)18-10-8-17(9-11-18)26-23-25-16-19(24)22(28-23)27-20-6-4-5-7-21(20)32(2,3)31/h4-11,16H,12-15H2,1-3H3,(H2,25,26,27,28). The number of nitrogens with zero attached hydrogens (tertiary/aromatic N) is 4. The van der Waals surface area contributed by atoms with Gasteiger partial charge in [-0.3, -0.25) is 0 Å². The van der Waals surface area contributed by atoms with Crippen LogP contribution in [0.1, 0.15) is 0 Å². The number of halogens is 1. The fraction of sp³-hybridized carbons (Fsp3) is 0.304. The first kappa shape index (κ1) is 22.8. The maximum atomic E-state index is 12.7. The summed E-state index contributed by atoms with van der Waals surface area (Å²) in [4.78, 5) is 13.8. The van der Waals surface area contributed by atoms with Gasteiger partial charge < -0.3 is 25.0 Å². The van der Waals surface area contributed by atoms with E-state index in [0.29, 0.717) is 11.8 Å². The number of aromatic nitrogens is 2. The lowest BCUT2D eigenvalue weighted by Gasteiger charge is -2.34. The number of nitrogens with one attached hydrogen (secondary N) is 2. The molecular weight excluding hydrogens is 487 g/mol. The predicted molar refractivity (Wildman–Crippen MR) is 138 cm³/mol. The fourth-order valence-electron chi connectivity index (χ4n) is 3.64. The Morgan fingerprint density at radius 2 is 1.66 bits per heavy atom. The van der Waals surface area contributed by atoms with Crippen molar-refractivity contribution in [3.63, 3.8) is 0 Å². The zero-order valence-corrected chi connectivity index (χ0v) is 21.0. The van der Waals surface area contributed by atoms with Crippen molar-refractivity contribution in [2.75, 3.05) is 62.1 Å². The van der Waals surface area contributed by atoms with Crippen LogP contribution in [0.25, 0.3) is 0 Å². The average molecular weight is 515 g/mol. The van der Waals surface area contributed by atoms with Crippen molar-refractivity contribution < 1.29 is 4.57 Å². The summed E-state index contributed by atoms with van der Waals surface area (Å²) in [6.07, 6.45) is 1.70. The second-order valence-electron chi connectivity index (χ2n) is 8.35. The van der Waals surface area contributed by atoms with Crippen molar-refractivity contribution in [2.45, 2.75) is 0 Å². The minimum atomic E-state index is -2.44. The maximum absolute atomic E-state index is 12.7. The van der Waals surface area contributed by atoms with Gasteiger partial charge in [0.15, 0.2) is 0 Å². The lowest BCUT2D eigenvalue weighted by molar-refractivity contribution is 0.313. The van der Waals surface area contributed by atoms with Crippen molar-refractivity contribution >= 4 is 57.2 Å². The molecule has 7 nitrogen and oxygen atoms in total. The Bertz CT molecular complexity index is 1130. The molecule has 3 aromatic rings. The molecule has 1 aromatic heterocycles. The third-order valence-corrected chi connectivity index (χ3v) is 7.60. The Hall–Kier alpha value is -2.41. The fourth-order valence-corrected chi connectivity index (χ4v) is 5.09. The summed E-state index contributed by atoms with van der Waals surface area (Å²) in [5.74, 6) is 1.09. The zero-order chi connectivity index (χ0) is 22.7. The van der Waals surface area contributed by atoms with Gasteiger partial charge in [-0.2, -0.15) is 4.98 Å². The minimum Gasteiger partial charge on any atom is -0.369 e. The van der Waals surface area contributed by atoms with Crippen LogP contribution in [0, 0.1) is 0 Å². The van der Waals surface area contributed by atoms with Gasteiger partial charge in [-0.15, -0.1) is 0 Å². The third-order valence-electron chi connectivity index (χ3n) is 5.47. The molecule has 0 unspecified atom stereocenters. The SMILES string of the molecule is CN1CCN(c2ccc(Nc3ncc(Br)c(Nc4ccccc4P(C)(C)=O)n3)cc2)CC1. The second-order valence-corrected chi connectivity index (χ2v) is 12.4. The van der Waals surface area contributed by atoms with Crippen molar-refractivity contribution in [1.82, 2.24) is 14.9 Å². The van der Waals surface area contributed by atoms with Crippen LogP contribution in [0.4, 0.5) is 28.8 Å². The Kier molecular flexibility index (Phi) is 6.84. The Morgan fingerprint density at radius 1 is 0.969 bits per heavy atom. The number of hydrogen-bond donors (Lipinski definition) is 2. The van der Waals surface area contributed by atoms with Crippen molar-refractivity contribution in [2.24, 2.45) is 0 Å². The van der Waals surface area contributed by atoms with Gasteiger partial charge in [-0.25, -0.2) is 4.98 Å². The quantitative estimate of drug-likeness (QED) is 0.460.